The van der Waals surface area contributed by atoms with E-state index in [1.165, 1.54) is 0 Å². The molecule has 0 spiro atoms. The van der Waals surface area contributed by atoms with Crippen molar-refractivity contribution in [2.24, 2.45) is 0 Å². The number of nitrogens with zero attached hydrogens (tertiary/aromatic N) is 2. The van der Waals surface area contributed by atoms with Crippen LogP contribution in [0.3, 0.4) is 0 Å². The van der Waals surface area contributed by atoms with Gasteiger partial charge in [0.1, 0.15) is 0 Å². The summed E-state index contributed by atoms with van der Waals surface area (Å²) in [6, 6.07) is 0. The van der Waals surface area contributed by atoms with Crippen LogP contribution in [0.25, 0.3) is 0 Å². The van der Waals surface area contributed by atoms with E-state index in [4.69, 9.17) is 10.5 Å². The second-order valence-corrected chi connectivity index (χ2v) is 0.285. The molecule has 0 aliphatic rings. The molecular weight excluding hydrogens is 107 g/mol. The Kier molecular flexibility index (Phi) is 14.6. The molecule has 4 heteroatoms. The standard InChI is InChI=1S/C2N2O.K.H/c3-1-5-2-4;;/q;+1;-1. The van der Waals surface area contributed by atoms with E-state index < -0.39 is 0 Å². The number of ether oxygens (including phenoxy) is 1. The summed E-state index contributed by atoms with van der Waals surface area (Å²) in [5, 5.41) is 14.7. The number of rotatable bonds is 0. The Hall–Kier alpha value is 0.416. The molecule has 0 radical (unpaired) electrons. The zero-order valence-electron chi connectivity index (χ0n) is 4.30. The van der Waals surface area contributed by atoms with Crippen LogP contribution in [-0.4, -0.2) is 0 Å². The summed E-state index contributed by atoms with van der Waals surface area (Å²) in [6.45, 7) is 0. The molecule has 0 saturated carbocycles. The Bertz CT molecular complexity index is 80.8. The quantitative estimate of drug-likeness (QED) is 0.247. The molecule has 0 amide bonds. The van der Waals surface area contributed by atoms with E-state index in [0.29, 0.717) is 0 Å². The SMILES string of the molecule is N#COC#N.[H-].[K+]. The maximum Gasteiger partial charge on any atom is 1.00 e. The van der Waals surface area contributed by atoms with Gasteiger partial charge in [-0.25, -0.2) is 0 Å². The fourth-order valence-corrected chi connectivity index (χ4v) is 0.0204. The molecule has 0 aliphatic heterocycles. The Morgan fingerprint density at radius 2 is 1.67 bits per heavy atom. The van der Waals surface area contributed by atoms with E-state index in [2.05, 4.69) is 4.74 Å². The van der Waals surface area contributed by atoms with Crippen molar-refractivity contribution in [3.8, 4) is 12.5 Å². The van der Waals surface area contributed by atoms with E-state index >= 15 is 0 Å². The smallest absolute Gasteiger partial charge is 1.00 e. The van der Waals surface area contributed by atoms with Crippen LogP contribution in [0.5, 0.6) is 0 Å². The van der Waals surface area contributed by atoms with Gasteiger partial charge < -0.3 is 6.16 Å². The van der Waals surface area contributed by atoms with Crippen molar-refractivity contribution < 1.29 is 57.5 Å². The van der Waals surface area contributed by atoms with Crippen molar-refractivity contribution >= 4 is 0 Å². The molecule has 6 heavy (non-hydrogen) atoms. The average Bonchev–Trinajstić information content (AvgIpc) is 1.41. The minimum absolute atomic E-state index is 0. The van der Waals surface area contributed by atoms with Crippen LogP contribution in [-0.2, 0) is 4.74 Å². The normalized spacial score (nSPS) is 3.00. The third-order valence-corrected chi connectivity index (χ3v) is 0.0913. The van der Waals surface area contributed by atoms with Gasteiger partial charge in [-0.1, -0.05) is 0 Å². The van der Waals surface area contributed by atoms with Crippen molar-refractivity contribution in [2.45, 2.75) is 0 Å². The van der Waals surface area contributed by atoms with E-state index in [1.807, 2.05) is 0 Å². The van der Waals surface area contributed by atoms with Crippen molar-refractivity contribution in [3.63, 3.8) is 0 Å². The molecule has 0 fully saturated rings. The molecule has 3 nitrogen and oxygen atoms in total. The summed E-state index contributed by atoms with van der Waals surface area (Å²) in [5.74, 6) is 0. The van der Waals surface area contributed by atoms with Gasteiger partial charge in [-0.3, -0.25) is 0 Å². The summed E-state index contributed by atoms with van der Waals surface area (Å²) in [5.41, 5.74) is 0. The minimum atomic E-state index is 0. The van der Waals surface area contributed by atoms with Crippen LogP contribution in [0.4, 0.5) is 0 Å². The van der Waals surface area contributed by atoms with Gasteiger partial charge in [0.05, 0.1) is 0 Å². The molecule has 0 rings (SSSR count). The van der Waals surface area contributed by atoms with Crippen LogP contribution in [0, 0.1) is 23.0 Å². The third kappa shape index (κ3) is 8.83. The van der Waals surface area contributed by atoms with Crippen LogP contribution in [0.1, 0.15) is 1.43 Å². The Labute approximate surface area is 79.4 Å². The van der Waals surface area contributed by atoms with Crippen LogP contribution >= 0.6 is 0 Å². The molecule has 0 heterocycles. The zero-order chi connectivity index (χ0) is 4.12. The first-order valence-corrected chi connectivity index (χ1v) is 0.855. The fourth-order valence-electron chi connectivity index (χ4n) is 0.0204. The second-order valence-electron chi connectivity index (χ2n) is 0.285. The molecule has 0 aliphatic carbocycles. The molecule has 0 aromatic carbocycles. The molecular formula is C2HKN2O. The largest absolute Gasteiger partial charge is 1.00 e. The monoisotopic (exact) mass is 108 g/mol. The molecule has 0 bridgehead atoms. The van der Waals surface area contributed by atoms with Gasteiger partial charge in [-0.15, -0.1) is 10.5 Å². The van der Waals surface area contributed by atoms with Gasteiger partial charge in [0.2, 0.25) is 0 Å². The maximum absolute atomic E-state index is 7.37. The summed E-state index contributed by atoms with van der Waals surface area (Å²) in [4.78, 5) is 0. The first-order valence-electron chi connectivity index (χ1n) is 0.855. The van der Waals surface area contributed by atoms with Gasteiger partial charge in [-0.2, -0.15) is 0 Å². The molecule has 0 unspecified atom stereocenters. The van der Waals surface area contributed by atoms with Crippen molar-refractivity contribution in [1.29, 1.82) is 10.5 Å². The molecule has 0 N–H and O–H groups in total. The van der Waals surface area contributed by atoms with Gasteiger partial charge in [0.15, 0.2) is 0 Å². The van der Waals surface area contributed by atoms with Crippen LogP contribution in [0.15, 0.2) is 0 Å². The summed E-state index contributed by atoms with van der Waals surface area (Å²) >= 11 is 0. The van der Waals surface area contributed by atoms with E-state index in [0.717, 1.165) is 12.5 Å². The van der Waals surface area contributed by atoms with Crippen LogP contribution in [0.2, 0.25) is 0 Å². The summed E-state index contributed by atoms with van der Waals surface area (Å²) in [7, 11) is 0. The molecule has 0 atom stereocenters. The maximum atomic E-state index is 7.37. The van der Waals surface area contributed by atoms with Gasteiger partial charge in [0.25, 0.3) is 0 Å². The Morgan fingerprint density at radius 3 is 1.67 bits per heavy atom. The minimum Gasteiger partial charge on any atom is -1.00 e. The van der Waals surface area contributed by atoms with E-state index in [-0.39, 0.29) is 52.8 Å². The average molecular weight is 108 g/mol. The Morgan fingerprint density at radius 1 is 1.33 bits per heavy atom. The molecule has 0 aromatic rings. The molecule has 0 aromatic heterocycles. The molecule has 0 saturated heterocycles. The fraction of sp³-hybridized carbons (Fsp3) is 0. The molecule has 26 valence electrons. The predicted molar refractivity (Wildman–Crippen MR) is 13.4 cm³/mol. The van der Waals surface area contributed by atoms with E-state index in [9.17, 15) is 0 Å². The number of hydrogen-bond acceptors (Lipinski definition) is 3. The third-order valence-electron chi connectivity index (χ3n) is 0.0913. The van der Waals surface area contributed by atoms with Gasteiger partial charge >= 0.3 is 63.9 Å². The van der Waals surface area contributed by atoms with Crippen LogP contribution < -0.4 is 51.4 Å². The predicted octanol–water partition coefficient (Wildman–Crippen LogP) is -2.92. The number of hydrogen-bond donors (Lipinski definition) is 0. The van der Waals surface area contributed by atoms with Crippen molar-refractivity contribution in [3.05, 3.63) is 0 Å². The summed E-state index contributed by atoms with van der Waals surface area (Å²) < 4.78 is 3.44. The van der Waals surface area contributed by atoms with Gasteiger partial charge in [0, 0.05) is 0 Å². The van der Waals surface area contributed by atoms with Gasteiger partial charge in [-0.05, 0) is 0 Å². The summed E-state index contributed by atoms with van der Waals surface area (Å²) in [6.07, 6.45) is 2.31. The van der Waals surface area contributed by atoms with E-state index in [1.54, 1.807) is 0 Å². The topological polar surface area (TPSA) is 56.8 Å². The Balaban J connectivity index is -0.0000000800. The second kappa shape index (κ2) is 9.05. The van der Waals surface area contributed by atoms with Crippen molar-refractivity contribution in [2.75, 3.05) is 0 Å². The zero-order valence-corrected chi connectivity index (χ0v) is 6.43. The van der Waals surface area contributed by atoms with Crippen molar-refractivity contribution in [1.82, 2.24) is 0 Å². The first-order chi connectivity index (χ1) is 2.41. The number of nitriles is 2. The first kappa shape index (κ1) is 9.65.